The van der Waals surface area contributed by atoms with Gasteiger partial charge in [0.15, 0.2) is 0 Å². The number of allylic oxidation sites excluding steroid dienone is 4. The summed E-state index contributed by atoms with van der Waals surface area (Å²) in [5, 5.41) is 0. The van der Waals surface area contributed by atoms with Gasteiger partial charge in [-0.05, 0) is 44.1 Å². The van der Waals surface area contributed by atoms with Gasteiger partial charge in [0.2, 0.25) is 5.91 Å². The van der Waals surface area contributed by atoms with Crippen LogP contribution in [0.2, 0.25) is 0 Å². The maximum Gasteiger partial charge on any atom is 0.238 e. The Bertz CT molecular complexity index is 941. The molecule has 0 radical (unpaired) electrons. The van der Waals surface area contributed by atoms with Crippen molar-refractivity contribution < 1.29 is 4.79 Å². The Morgan fingerprint density at radius 1 is 1.15 bits per heavy atom. The van der Waals surface area contributed by atoms with Gasteiger partial charge in [-0.15, -0.1) is 0 Å². The van der Waals surface area contributed by atoms with E-state index in [2.05, 4.69) is 27.1 Å². The van der Waals surface area contributed by atoms with E-state index in [9.17, 15) is 4.79 Å². The van der Waals surface area contributed by atoms with Crippen LogP contribution >= 0.6 is 0 Å². The van der Waals surface area contributed by atoms with E-state index in [0.717, 1.165) is 34.8 Å². The highest BCUT2D eigenvalue weighted by Crippen LogP contribution is 2.50. The van der Waals surface area contributed by atoms with E-state index in [4.69, 9.17) is 0 Å². The number of amides is 1. The van der Waals surface area contributed by atoms with Crippen LogP contribution in [-0.2, 0) is 4.79 Å². The summed E-state index contributed by atoms with van der Waals surface area (Å²) in [5.74, 6) is 1.69. The second-order valence-electron chi connectivity index (χ2n) is 7.54. The molecule has 3 heterocycles. The predicted octanol–water partition coefficient (Wildman–Crippen LogP) is 3.85. The smallest absolute Gasteiger partial charge is 0.238 e. The summed E-state index contributed by atoms with van der Waals surface area (Å²) in [6.45, 7) is 7.86. The van der Waals surface area contributed by atoms with E-state index in [0.29, 0.717) is 5.82 Å². The van der Waals surface area contributed by atoms with Crippen LogP contribution in [0.25, 0.3) is 5.57 Å². The van der Waals surface area contributed by atoms with Crippen molar-refractivity contribution in [3.63, 3.8) is 0 Å². The maximum atomic E-state index is 13.2. The zero-order valence-electron chi connectivity index (χ0n) is 15.5. The molecule has 0 N–H and O–H groups in total. The van der Waals surface area contributed by atoms with Gasteiger partial charge in [0.1, 0.15) is 11.6 Å². The van der Waals surface area contributed by atoms with Gasteiger partial charge >= 0.3 is 0 Å². The third-order valence-corrected chi connectivity index (χ3v) is 5.33. The number of carbonyl (C=O) groups excluding carboxylic acids is 1. The number of fused-ring (bicyclic) bond motifs is 1. The normalized spacial score (nSPS) is 21.3. The highest BCUT2D eigenvalue weighted by molar-refractivity contribution is 6.04. The summed E-state index contributed by atoms with van der Waals surface area (Å²) in [6, 6.07) is 5.79. The van der Waals surface area contributed by atoms with Crippen LogP contribution < -0.4 is 4.90 Å². The first kappa shape index (κ1) is 16.6. The molecule has 4 rings (SSSR count). The highest BCUT2D eigenvalue weighted by Gasteiger charge is 2.51. The van der Waals surface area contributed by atoms with E-state index in [1.807, 2.05) is 58.3 Å². The Morgan fingerprint density at radius 2 is 1.88 bits per heavy atom. The van der Waals surface area contributed by atoms with Crippen LogP contribution in [0.1, 0.15) is 37.4 Å². The third-order valence-electron chi connectivity index (χ3n) is 5.33. The van der Waals surface area contributed by atoms with Crippen LogP contribution in [-0.4, -0.2) is 20.9 Å². The van der Waals surface area contributed by atoms with E-state index in [-0.39, 0.29) is 11.8 Å². The lowest BCUT2D eigenvalue weighted by molar-refractivity contribution is -0.125. The molecule has 0 bridgehead atoms. The number of rotatable bonds is 2. The number of hydrogen-bond donors (Lipinski definition) is 0. The van der Waals surface area contributed by atoms with Crippen molar-refractivity contribution in [3.05, 3.63) is 65.5 Å². The molecule has 132 valence electrons. The molecule has 2 aliphatic rings. The molecule has 0 spiro atoms. The summed E-state index contributed by atoms with van der Waals surface area (Å²) in [4.78, 5) is 28.2. The van der Waals surface area contributed by atoms with Gasteiger partial charge in [-0.3, -0.25) is 9.69 Å². The quantitative estimate of drug-likeness (QED) is 0.829. The lowest BCUT2D eigenvalue weighted by Crippen LogP contribution is -2.31. The average molecular weight is 346 g/mol. The predicted molar refractivity (Wildman–Crippen MR) is 101 cm³/mol. The Morgan fingerprint density at radius 3 is 2.58 bits per heavy atom. The first-order valence-corrected chi connectivity index (χ1v) is 8.87. The molecule has 1 aliphatic carbocycles. The first-order chi connectivity index (χ1) is 12.4. The zero-order chi connectivity index (χ0) is 18.5. The van der Waals surface area contributed by atoms with Gasteiger partial charge in [-0.25, -0.2) is 15.0 Å². The van der Waals surface area contributed by atoms with Crippen molar-refractivity contribution in [3.8, 4) is 0 Å². The van der Waals surface area contributed by atoms with Gasteiger partial charge in [0, 0.05) is 35.3 Å². The Balaban J connectivity index is 1.81. The number of carbonyl (C=O) groups is 1. The molecule has 2 aromatic rings. The van der Waals surface area contributed by atoms with Crippen molar-refractivity contribution in [1.82, 2.24) is 15.0 Å². The van der Waals surface area contributed by atoms with Crippen molar-refractivity contribution in [2.75, 3.05) is 4.90 Å². The lowest BCUT2D eigenvalue weighted by Gasteiger charge is -2.25. The van der Waals surface area contributed by atoms with E-state index in [1.165, 1.54) is 0 Å². The Kier molecular flexibility index (Phi) is 3.75. The fraction of sp³-hybridized carbons (Fsp3) is 0.333. The lowest BCUT2D eigenvalue weighted by atomic mass is 9.75. The molecule has 0 aromatic carbocycles. The minimum absolute atomic E-state index is 0.0988. The molecule has 1 amide bonds. The summed E-state index contributed by atoms with van der Waals surface area (Å²) >= 11 is 0. The summed E-state index contributed by atoms with van der Waals surface area (Å²) in [6.07, 6.45) is 8.77. The van der Waals surface area contributed by atoms with Gasteiger partial charge in [0.05, 0.1) is 5.41 Å². The van der Waals surface area contributed by atoms with Gasteiger partial charge < -0.3 is 0 Å². The number of pyridine rings is 1. The fourth-order valence-corrected chi connectivity index (χ4v) is 3.76. The SMILES string of the molecule is Cc1cccc(N2C(=O)C(C)(C)C3CC=C(c4cnc(C)nc4)C=C32)n1. The molecule has 1 saturated heterocycles. The van der Waals surface area contributed by atoms with Crippen molar-refractivity contribution in [1.29, 1.82) is 0 Å². The van der Waals surface area contributed by atoms with Crippen LogP contribution in [0.4, 0.5) is 5.82 Å². The first-order valence-electron chi connectivity index (χ1n) is 8.87. The average Bonchev–Trinajstić information content (AvgIpc) is 2.81. The highest BCUT2D eigenvalue weighted by atomic mass is 16.2. The molecule has 26 heavy (non-hydrogen) atoms. The second-order valence-corrected chi connectivity index (χ2v) is 7.54. The number of aryl methyl sites for hydroxylation is 2. The molecule has 1 unspecified atom stereocenters. The van der Waals surface area contributed by atoms with Crippen molar-refractivity contribution in [2.24, 2.45) is 11.3 Å². The standard InChI is InChI=1S/C21H22N4O/c1-13-6-5-7-19(24-13)25-18-10-15(16-11-22-14(2)23-12-16)8-9-17(18)21(3,4)20(25)26/h5-8,10-12,17H,9H2,1-4H3. The number of aromatic nitrogens is 3. The minimum atomic E-state index is -0.455. The second kappa shape index (κ2) is 5.87. The van der Waals surface area contributed by atoms with Gasteiger partial charge in [-0.1, -0.05) is 26.0 Å². The largest absolute Gasteiger partial charge is 0.273 e. The van der Waals surface area contributed by atoms with Crippen LogP contribution in [0.3, 0.4) is 0 Å². The molecule has 5 heteroatoms. The Labute approximate surface area is 153 Å². The molecule has 1 fully saturated rings. The van der Waals surface area contributed by atoms with Crippen LogP contribution in [0.5, 0.6) is 0 Å². The maximum absolute atomic E-state index is 13.2. The topological polar surface area (TPSA) is 59.0 Å². The van der Waals surface area contributed by atoms with Crippen molar-refractivity contribution in [2.45, 2.75) is 34.1 Å². The molecule has 5 nitrogen and oxygen atoms in total. The number of hydrogen-bond acceptors (Lipinski definition) is 4. The number of anilines is 1. The third kappa shape index (κ3) is 2.55. The minimum Gasteiger partial charge on any atom is -0.273 e. The van der Waals surface area contributed by atoms with E-state index < -0.39 is 5.41 Å². The monoisotopic (exact) mass is 346 g/mol. The van der Waals surface area contributed by atoms with Gasteiger partial charge in [-0.2, -0.15) is 0 Å². The Hall–Kier alpha value is -2.82. The van der Waals surface area contributed by atoms with Crippen molar-refractivity contribution >= 4 is 17.3 Å². The summed E-state index contributed by atoms with van der Waals surface area (Å²) in [5.41, 5.74) is 3.48. The molecule has 2 aromatic heterocycles. The summed E-state index contributed by atoms with van der Waals surface area (Å²) in [7, 11) is 0. The molecule has 1 atom stereocenters. The summed E-state index contributed by atoms with van der Waals surface area (Å²) < 4.78 is 0. The van der Waals surface area contributed by atoms with E-state index >= 15 is 0 Å². The van der Waals surface area contributed by atoms with Gasteiger partial charge in [0.25, 0.3) is 0 Å². The van der Waals surface area contributed by atoms with E-state index in [1.54, 1.807) is 4.90 Å². The van der Waals surface area contributed by atoms with Crippen LogP contribution in [0, 0.1) is 25.2 Å². The van der Waals surface area contributed by atoms with Crippen LogP contribution in [0.15, 0.2) is 48.4 Å². The molecular formula is C21H22N4O. The number of nitrogens with zero attached hydrogens (tertiary/aromatic N) is 4. The zero-order valence-corrected chi connectivity index (χ0v) is 15.5. The molecule has 1 aliphatic heterocycles. The fourth-order valence-electron chi connectivity index (χ4n) is 3.76. The molecule has 0 saturated carbocycles. The molecular weight excluding hydrogens is 324 g/mol.